The lowest BCUT2D eigenvalue weighted by atomic mass is 10.0. The molecule has 108 valence electrons. The predicted molar refractivity (Wildman–Crippen MR) is 76.8 cm³/mol. The molecule has 0 spiro atoms. The predicted octanol–water partition coefficient (Wildman–Crippen LogP) is 2.68. The van der Waals surface area contributed by atoms with Crippen LogP contribution in [0.4, 0.5) is 10.5 Å². The second-order valence-electron chi connectivity index (χ2n) is 5.40. The molecule has 0 aliphatic heterocycles. The minimum atomic E-state index is -0.834. The van der Waals surface area contributed by atoms with E-state index in [-0.39, 0.29) is 12.1 Å². The number of aliphatic carboxylic acids is 1. The van der Waals surface area contributed by atoms with E-state index in [1.165, 1.54) is 0 Å². The van der Waals surface area contributed by atoms with Gasteiger partial charge in [0.1, 0.15) is 0 Å². The Kier molecular flexibility index (Phi) is 4.27. The molecule has 1 aliphatic rings. The number of carbonyl (C=O) groups excluding carboxylic acids is 1. The number of carboxylic acid groups (broad SMARTS) is 1. The van der Waals surface area contributed by atoms with Gasteiger partial charge in [-0.3, -0.25) is 4.79 Å². The minimum absolute atomic E-state index is 0.280. The summed E-state index contributed by atoms with van der Waals surface area (Å²) < 4.78 is 0. The molecule has 2 unspecified atom stereocenters. The van der Waals surface area contributed by atoms with Gasteiger partial charge in [0.15, 0.2) is 0 Å². The maximum atomic E-state index is 12.0. The third kappa shape index (κ3) is 3.29. The van der Waals surface area contributed by atoms with E-state index in [2.05, 4.69) is 10.6 Å². The van der Waals surface area contributed by atoms with E-state index in [1.807, 2.05) is 32.0 Å². The zero-order valence-electron chi connectivity index (χ0n) is 11.8. The van der Waals surface area contributed by atoms with Gasteiger partial charge in [-0.1, -0.05) is 18.6 Å². The Morgan fingerprint density at radius 3 is 2.70 bits per heavy atom. The summed E-state index contributed by atoms with van der Waals surface area (Å²) in [6, 6.07) is 5.21. The van der Waals surface area contributed by atoms with Gasteiger partial charge in [0.25, 0.3) is 0 Å². The van der Waals surface area contributed by atoms with Crippen LogP contribution >= 0.6 is 0 Å². The summed E-state index contributed by atoms with van der Waals surface area (Å²) in [5.41, 5.74) is 2.80. The normalized spacial score (nSPS) is 21.5. The van der Waals surface area contributed by atoms with Crippen molar-refractivity contribution in [3.05, 3.63) is 29.3 Å². The molecule has 0 bridgehead atoms. The maximum Gasteiger partial charge on any atom is 0.319 e. The van der Waals surface area contributed by atoms with Gasteiger partial charge in [-0.05, 0) is 43.9 Å². The van der Waals surface area contributed by atoms with E-state index in [9.17, 15) is 9.59 Å². The topological polar surface area (TPSA) is 78.4 Å². The Labute approximate surface area is 118 Å². The second-order valence-corrected chi connectivity index (χ2v) is 5.40. The molecule has 0 radical (unpaired) electrons. The molecule has 1 aliphatic carbocycles. The summed E-state index contributed by atoms with van der Waals surface area (Å²) in [6.45, 7) is 3.88. The Hall–Kier alpha value is -2.04. The number of hydrogen-bond donors (Lipinski definition) is 3. The Bertz CT molecular complexity index is 528. The van der Waals surface area contributed by atoms with Gasteiger partial charge in [0.05, 0.1) is 5.92 Å². The Morgan fingerprint density at radius 1 is 1.25 bits per heavy atom. The largest absolute Gasteiger partial charge is 0.481 e. The van der Waals surface area contributed by atoms with Gasteiger partial charge in [0, 0.05) is 11.7 Å². The van der Waals surface area contributed by atoms with Gasteiger partial charge in [-0.2, -0.15) is 0 Å². The molecule has 2 amide bonds. The molecule has 2 rings (SSSR count). The fourth-order valence-corrected chi connectivity index (χ4v) is 2.63. The van der Waals surface area contributed by atoms with Crippen molar-refractivity contribution in [1.82, 2.24) is 5.32 Å². The third-order valence-corrected chi connectivity index (χ3v) is 3.79. The highest BCUT2D eigenvalue weighted by Crippen LogP contribution is 2.26. The van der Waals surface area contributed by atoms with Crippen molar-refractivity contribution in [1.29, 1.82) is 0 Å². The lowest BCUT2D eigenvalue weighted by molar-refractivity contribution is -0.142. The molecule has 1 fully saturated rings. The van der Waals surface area contributed by atoms with Crippen LogP contribution in [0.1, 0.15) is 30.4 Å². The SMILES string of the molecule is Cc1ccc(C)c(NC(=O)NC2CCCC2C(=O)O)c1. The molecule has 1 aromatic rings. The molecule has 0 heterocycles. The van der Waals surface area contributed by atoms with Gasteiger partial charge in [0.2, 0.25) is 0 Å². The van der Waals surface area contributed by atoms with Crippen molar-refractivity contribution < 1.29 is 14.7 Å². The van der Waals surface area contributed by atoms with Crippen LogP contribution in [0.25, 0.3) is 0 Å². The van der Waals surface area contributed by atoms with E-state index in [4.69, 9.17) is 5.11 Å². The molecule has 0 saturated heterocycles. The number of hydrogen-bond acceptors (Lipinski definition) is 2. The second kappa shape index (κ2) is 5.94. The monoisotopic (exact) mass is 276 g/mol. The molecular weight excluding hydrogens is 256 g/mol. The number of rotatable bonds is 3. The van der Waals surface area contributed by atoms with Crippen molar-refractivity contribution in [2.75, 3.05) is 5.32 Å². The fourth-order valence-electron chi connectivity index (χ4n) is 2.63. The van der Waals surface area contributed by atoms with Crippen LogP contribution in [0.5, 0.6) is 0 Å². The van der Waals surface area contributed by atoms with Crippen molar-refractivity contribution in [2.45, 2.75) is 39.2 Å². The molecule has 1 saturated carbocycles. The molecule has 5 nitrogen and oxygen atoms in total. The highest BCUT2D eigenvalue weighted by atomic mass is 16.4. The Balaban J connectivity index is 1.99. The first-order valence-corrected chi connectivity index (χ1v) is 6.85. The van der Waals surface area contributed by atoms with Gasteiger partial charge in [-0.15, -0.1) is 0 Å². The average Bonchev–Trinajstić information content (AvgIpc) is 2.82. The zero-order chi connectivity index (χ0) is 14.7. The first-order valence-electron chi connectivity index (χ1n) is 6.85. The summed E-state index contributed by atoms with van der Waals surface area (Å²) >= 11 is 0. The zero-order valence-corrected chi connectivity index (χ0v) is 11.8. The van der Waals surface area contributed by atoms with Crippen molar-refractivity contribution in [3.63, 3.8) is 0 Å². The summed E-state index contributed by atoms with van der Waals surface area (Å²) in [5.74, 6) is -1.31. The molecule has 3 N–H and O–H groups in total. The number of amides is 2. The van der Waals surface area contributed by atoms with Crippen molar-refractivity contribution in [3.8, 4) is 0 Å². The van der Waals surface area contributed by atoms with Gasteiger partial charge in [-0.25, -0.2) is 4.79 Å². The standard InChI is InChI=1S/C15H20N2O3/c1-9-6-7-10(2)13(8-9)17-15(20)16-12-5-3-4-11(12)14(18)19/h6-8,11-12H,3-5H2,1-2H3,(H,18,19)(H2,16,17,20). The highest BCUT2D eigenvalue weighted by Gasteiger charge is 2.33. The first-order chi connectivity index (χ1) is 9.47. The number of benzene rings is 1. The van der Waals surface area contributed by atoms with Crippen molar-refractivity contribution in [2.24, 2.45) is 5.92 Å². The average molecular weight is 276 g/mol. The van der Waals surface area contributed by atoms with Crippen LogP contribution in [0.3, 0.4) is 0 Å². The van der Waals surface area contributed by atoms with Crippen LogP contribution in [0, 0.1) is 19.8 Å². The maximum absolute atomic E-state index is 12.0. The van der Waals surface area contributed by atoms with Gasteiger partial charge >= 0.3 is 12.0 Å². The Morgan fingerprint density at radius 2 is 2.00 bits per heavy atom. The number of aryl methyl sites for hydroxylation is 2. The third-order valence-electron chi connectivity index (χ3n) is 3.79. The van der Waals surface area contributed by atoms with Crippen LogP contribution < -0.4 is 10.6 Å². The van der Waals surface area contributed by atoms with E-state index < -0.39 is 11.9 Å². The van der Waals surface area contributed by atoms with Crippen LogP contribution in [0.15, 0.2) is 18.2 Å². The van der Waals surface area contributed by atoms with E-state index in [0.29, 0.717) is 6.42 Å². The number of carbonyl (C=O) groups is 2. The molecule has 1 aromatic carbocycles. The highest BCUT2D eigenvalue weighted by molar-refractivity contribution is 5.90. The van der Waals surface area contributed by atoms with E-state index >= 15 is 0 Å². The van der Waals surface area contributed by atoms with Gasteiger partial charge < -0.3 is 15.7 Å². The summed E-state index contributed by atoms with van der Waals surface area (Å²) in [5, 5.41) is 14.7. The van der Waals surface area contributed by atoms with Crippen LogP contribution in [0.2, 0.25) is 0 Å². The molecule has 5 heteroatoms. The number of nitrogens with one attached hydrogen (secondary N) is 2. The lowest BCUT2D eigenvalue weighted by Crippen LogP contribution is -2.42. The van der Waals surface area contributed by atoms with Crippen LogP contribution in [-0.2, 0) is 4.79 Å². The molecular formula is C15H20N2O3. The van der Waals surface area contributed by atoms with Crippen molar-refractivity contribution >= 4 is 17.7 Å². The summed E-state index contributed by atoms with van der Waals surface area (Å²) in [7, 11) is 0. The van der Waals surface area contributed by atoms with Crippen LogP contribution in [-0.4, -0.2) is 23.1 Å². The van der Waals surface area contributed by atoms with E-state index in [0.717, 1.165) is 29.7 Å². The first kappa shape index (κ1) is 14.4. The fraction of sp³-hybridized carbons (Fsp3) is 0.467. The summed E-state index contributed by atoms with van der Waals surface area (Å²) in [6.07, 6.45) is 2.19. The number of urea groups is 1. The number of anilines is 1. The summed E-state index contributed by atoms with van der Waals surface area (Å²) in [4.78, 5) is 23.1. The number of carboxylic acids is 1. The van der Waals surface area contributed by atoms with E-state index in [1.54, 1.807) is 0 Å². The molecule has 2 atom stereocenters. The molecule has 20 heavy (non-hydrogen) atoms. The molecule has 0 aromatic heterocycles. The quantitative estimate of drug-likeness (QED) is 0.794. The minimum Gasteiger partial charge on any atom is -0.481 e. The lowest BCUT2D eigenvalue weighted by Gasteiger charge is -2.18. The smallest absolute Gasteiger partial charge is 0.319 e.